The van der Waals surface area contributed by atoms with E-state index >= 15 is 0 Å². The van der Waals surface area contributed by atoms with Crippen LogP contribution in [0.2, 0.25) is 0 Å². The van der Waals surface area contributed by atoms with Crippen molar-refractivity contribution < 1.29 is 14.3 Å². The first-order chi connectivity index (χ1) is 7.26. The standard InChI is InChI=1S/C11H22N2O3/c1-5-13-8(10(12)15)6-7-9(14)16-11(2,3)4/h8,13H,5-7H2,1-4H3,(H2,12,15). The van der Waals surface area contributed by atoms with Crippen LogP contribution in [0, 0.1) is 0 Å². The van der Waals surface area contributed by atoms with Gasteiger partial charge in [-0.2, -0.15) is 0 Å². The minimum absolute atomic E-state index is 0.192. The molecule has 0 saturated carbocycles. The first-order valence-electron chi connectivity index (χ1n) is 5.50. The first-order valence-corrected chi connectivity index (χ1v) is 5.50. The number of ether oxygens (including phenoxy) is 1. The fourth-order valence-corrected chi connectivity index (χ4v) is 1.25. The quantitative estimate of drug-likeness (QED) is 0.654. The lowest BCUT2D eigenvalue weighted by atomic mass is 10.1. The Balaban J connectivity index is 4.01. The number of esters is 1. The summed E-state index contributed by atoms with van der Waals surface area (Å²) in [5.41, 5.74) is 4.69. The van der Waals surface area contributed by atoms with Gasteiger partial charge in [-0.05, 0) is 33.7 Å². The maximum atomic E-state index is 11.4. The fourth-order valence-electron chi connectivity index (χ4n) is 1.25. The van der Waals surface area contributed by atoms with E-state index in [1.165, 1.54) is 0 Å². The lowest BCUT2D eigenvalue weighted by Crippen LogP contribution is -2.41. The summed E-state index contributed by atoms with van der Waals surface area (Å²) < 4.78 is 5.13. The van der Waals surface area contributed by atoms with Crippen molar-refractivity contribution in [1.82, 2.24) is 5.32 Å². The predicted molar refractivity (Wildman–Crippen MR) is 61.7 cm³/mol. The number of carbonyl (C=O) groups excluding carboxylic acids is 2. The predicted octanol–water partition coefficient (Wildman–Crippen LogP) is 0.572. The average molecular weight is 230 g/mol. The molecular formula is C11H22N2O3. The number of rotatable bonds is 6. The molecule has 5 heteroatoms. The van der Waals surface area contributed by atoms with Crippen molar-refractivity contribution in [2.24, 2.45) is 5.73 Å². The van der Waals surface area contributed by atoms with Gasteiger partial charge >= 0.3 is 5.97 Å². The van der Waals surface area contributed by atoms with Crippen LogP contribution in [-0.2, 0) is 14.3 Å². The number of carbonyl (C=O) groups is 2. The molecule has 0 saturated heterocycles. The number of amides is 1. The summed E-state index contributed by atoms with van der Waals surface area (Å²) in [6, 6.07) is -0.461. The van der Waals surface area contributed by atoms with Crippen LogP contribution in [0.25, 0.3) is 0 Å². The van der Waals surface area contributed by atoms with Crippen molar-refractivity contribution >= 4 is 11.9 Å². The summed E-state index contributed by atoms with van der Waals surface area (Å²) in [5.74, 6) is -0.748. The second-order valence-electron chi connectivity index (χ2n) is 4.64. The molecule has 16 heavy (non-hydrogen) atoms. The van der Waals surface area contributed by atoms with Crippen LogP contribution in [0.4, 0.5) is 0 Å². The van der Waals surface area contributed by atoms with E-state index < -0.39 is 17.6 Å². The maximum Gasteiger partial charge on any atom is 0.306 e. The molecule has 0 aliphatic heterocycles. The van der Waals surface area contributed by atoms with Crippen LogP contribution in [0.1, 0.15) is 40.5 Å². The van der Waals surface area contributed by atoms with Gasteiger partial charge in [0.25, 0.3) is 0 Å². The number of nitrogens with one attached hydrogen (secondary N) is 1. The summed E-state index contributed by atoms with van der Waals surface area (Å²) >= 11 is 0. The first kappa shape index (κ1) is 14.9. The van der Waals surface area contributed by atoms with Gasteiger partial charge in [-0.1, -0.05) is 6.92 Å². The van der Waals surface area contributed by atoms with E-state index in [0.717, 1.165) is 0 Å². The summed E-state index contributed by atoms with van der Waals surface area (Å²) in [4.78, 5) is 22.4. The molecule has 3 N–H and O–H groups in total. The van der Waals surface area contributed by atoms with E-state index in [1.54, 1.807) is 20.8 Å². The molecule has 0 spiro atoms. The normalized spacial score (nSPS) is 13.2. The second-order valence-corrected chi connectivity index (χ2v) is 4.64. The molecule has 0 rings (SSSR count). The lowest BCUT2D eigenvalue weighted by molar-refractivity contribution is -0.155. The van der Waals surface area contributed by atoms with Gasteiger partial charge in [0.05, 0.1) is 6.04 Å². The molecular weight excluding hydrogens is 208 g/mol. The third-order valence-electron chi connectivity index (χ3n) is 1.85. The van der Waals surface area contributed by atoms with Gasteiger partial charge in [0.2, 0.25) is 5.91 Å². The summed E-state index contributed by atoms with van der Waals surface area (Å²) in [6.45, 7) is 7.94. The number of hydrogen-bond acceptors (Lipinski definition) is 4. The number of primary amides is 1. The Morgan fingerprint density at radius 2 is 1.94 bits per heavy atom. The fraction of sp³-hybridized carbons (Fsp3) is 0.818. The molecule has 1 atom stereocenters. The van der Waals surface area contributed by atoms with Crippen molar-refractivity contribution in [1.29, 1.82) is 0 Å². The minimum Gasteiger partial charge on any atom is -0.460 e. The molecule has 5 nitrogen and oxygen atoms in total. The highest BCUT2D eigenvalue weighted by Gasteiger charge is 2.19. The lowest BCUT2D eigenvalue weighted by Gasteiger charge is -2.20. The third kappa shape index (κ3) is 7.23. The summed E-state index contributed by atoms with van der Waals surface area (Å²) in [7, 11) is 0. The van der Waals surface area contributed by atoms with Gasteiger partial charge in [-0.25, -0.2) is 0 Å². The molecule has 0 heterocycles. The molecule has 0 aromatic heterocycles. The zero-order chi connectivity index (χ0) is 12.8. The van der Waals surface area contributed by atoms with Gasteiger partial charge in [0.1, 0.15) is 5.60 Å². The Labute approximate surface area is 96.7 Å². The monoisotopic (exact) mass is 230 g/mol. The third-order valence-corrected chi connectivity index (χ3v) is 1.85. The Bertz CT molecular complexity index is 246. The van der Waals surface area contributed by atoms with E-state index in [0.29, 0.717) is 13.0 Å². The molecule has 1 unspecified atom stereocenters. The average Bonchev–Trinajstić information content (AvgIpc) is 2.08. The molecule has 0 aromatic rings. The smallest absolute Gasteiger partial charge is 0.306 e. The van der Waals surface area contributed by atoms with Gasteiger partial charge in [-0.15, -0.1) is 0 Å². The summed E-state index contributed by atoms with van der Waals surface area (Å²) in [5, 5.41) is 2.92. The van der Waals surface area contributed by atoms with Crippen molar-refractivity contribution in [3.63, 3.8) is 0 Å². The number of hydrogen-bond donors (Lipinski definition) is 2. The second kappa shape index (κ2) is 6.48. The molecule has 0 aliphatic carbocycles. The van der Waals surface area contributed by atoms with E-state index in [1.807, 2.05) is 6.92 Å². The Morgan fingerprint density at radius 3 is 2.31 bits per heavy atom. The van der Waals surface area contributed by atoms with Crippen molar-refractivity contribution in [2.75, 3.05) is 6.54 Å². The zero-order valence-electron chi connectivity index (χ0n) is 10.5. The Hall–Kier alpha value is -1.10. The van der Waals surface area contributed by atoms with Crippen LogP contribution in [0.3, 0.4) is 0 Å². The van der Waals surface area contributed by atoms with Gasteiger partial charge in [-0.3, -0.25) is 9.59 Å². The van der Waals surface area contributed by atoms with E-state index in [4.69, 9.17) is 10.5 Å². The van der Waals surface area contributed by atoms with E-state index in [-0.39, 0.29) is 12.4 Å². The molecule has 0 aromatic carbocycles. The van der Waals surface area contributed by atoms with Gasteiger partial charge in [0.15, 0.2) is 0 Å². The topological polar surface area (TPSA) is 81.4 Å². The SMILES string of the molecule is CCNC(CCC(=O)OC(C)(C)C)C(N)=O. The van der Waals surface area contributed by atoms with Crippen LogP contribution < -0.4 is 11.1 Å². The van der Waals surface area contributed by atoms with Crippen LogP contribution in [-0.4, -0.2) is 30.1 Å². The Morgan fingerprint density at radius 1 is 1.38 bits per heavy atom. The molecule has 94 valence electrons. The van der Waals surface area contributed by atoms with Gasteiger partial charge < -0.3 is 15.8 Å². The van der Waals surface area contributed by atoms with Crippen LogP contribution >= 0.6 is 0 Å². The summed E-state index contributed by atoms with van der Waals surface area (Å²) in [6.07, 6.45) is 0.565. The molecule has 0 aliphatic rings. The number of nitrogens with two attached hydrogens (primary N) is 1. The van der Waals surface area contributed by atoms with Crippen LogP contribution in [0.5, 0.6) is 0 Å². The van der Waals surface area contributed by atoms with Crippen molar-refractivity contribution in [3.8, 4) is 0 Å². The van der Waals surface area contributed by atoms with E-state index in [2.05, 4.69) is 5.32 Å². The molecule has 1 amide bonds. The van der Waals surface area contributed by atoms with Crippen molar-refractivity contribution in [2.45, 2.75) is 52.2 Å². The highest BCUT2D eigenvalue weighted by molar-refractivity contribution is 5.80. The highest BCUT2D eigenvalue weighted by atomic mass is 16.6. The maximum absolute atomic E-state index is 11.4. The highest BCUT2D eigenvalue weighted by Crippen LogP contribution is 2.09. The Kier molecular flexibility index (Phi) is 6.03. The zero-order valence-corrected chi connectivity index (χ0v) is 10.5. The van der Waals surface area contributed by atoms with Gasteiger partial charge in [0, 0.05) is 6.42 Å². The molecule has 0 radical (unpaired) electrons. The molecule has 0 fully saturated rings. The van der Waals surface area contributed by atoms with Crippen LogP contribution in [0.15, 0.2) is 0 Å². The largest absolute Gasteiger partial charge is 0.460 e. The molecule has 0 bridgehead atoms. The minimum atomic E-state index is -0.489. The van der Waals surface area contributed by atoms with E-state index in [9.17, 15) is 9.59 Å². The van der Waals surface area contributed by atoms with Crippen molar-refractivity contribution in [3.05, 3.63) is 0 Å². The number of likely N-dealkylation sites (N-methyl/N-ethyl adjacent to an activating group) is 1.